The van der Waals surface area contributed by atoms with Crippen molar-refractivity contribution in [2.45, 2.75) is 26.4 Å². The van der Waals surface area contributed by atoms with E-state index in [-0.39, 0.29) is 12.1 Å². The molecule has 0 aliphatic carbocycles. The summed E-state index contributed by atoms with van der Waals surface area (Å²) in [6.45, 7) is 10.8. The third-order valence-corrected chi connectivity index (χ3v) is 1.35. The average Bonchev–Trinajstić information content (AvgIpc) is 1.99. The van der Waals surface area contributed by atoms with Crippen molar-refractivity contribution in [3.05, 3.63) is 24.8 Å². The maximum atomic E-state index is 10.7. The molecule has 0 heterocycles. The minimum absolute atomic E-state index is 0.166. The van der Waals surface area contributed by atoms with Gasteiger partial charge in [-0.2, -0.15) is 0 Å². The van der Waals surface area contributed by atoms with Gasteiger partial charge in [0.15, 0.2) is 0 Å². The minimum atomic E-state index is -0.389. The molecule has 0 aromatic rings. The van der Waals surface area contributed by atoms with Crippen LogP contribution in [-0.2, 0) is 9.53 Å². The summed E-state index contributed by atoms with van der Waals surface area (Å²) in [5.74, 6) is -0.389. The van der Waals surface area contributed by atoms with Gasteiger partial charge in [-0.05, 0) is 18.9 Å². The summed E-state index contributed by atoms with van der Waals surface area (Å²) >= 11 is 0. The van der Waals surface area contributed by atoms with E-state index in [1.807, 2.05) is 13.8 Å². The van der Waals surface area contributed by atoms with Crippen LogP contribution in [0.1, 0.15) is 20.3 Å². The van der Waals surface area contributed by atoms with Crippen molar-refractivity contribution >= 4 is 5.97 Å². The molecule has 1 atom stereocenters. The summed E-state index contributed by atoms with van der Waals surface area (Å²) in [4.78, 5) is 10.7. The van der Waals surface area contributed by atoms with Crippen molar-refractivity contribution in [3.8, 4) is 0 Å². The largest absolute Gasteiger partial charge is 0.455 e. The molecule has 0 fully saturated rings. The molecule has 2 heteroatoms. The second-order valence-electron chi connectivity index (χ2n) is 2.38. The van der Waals surface area contributed by atoms with E-state index in [9.17, 15) is 4.79 Å². The Morgan fingerprint density at radius 1 is 1.73 bits per heavy atom. The summed E-state index contributed by atoms with van der Waals surface area (Å²) in [6, 6.07) is 0. The third kappa shape index (κ3) is 3.61. The first-order valence-corrected chi connectivity index (χ1v) is 3.60. The molecule has 0 radical (unpaired) electrons. The molecule has 0 spiro atoms. The van der Waals surface area contributed by atoms with Crippen molar-refractivity contribution in [2.24, 2.45) is 0 Å². The fraction of sp³-hybridized carbons (Fsp3) is 0.444. The van der Waals surface area contributed by atoms with Gasteiger partial charge in [-0.1, -0.05) is 20.1 Å². The highest BCUT2D eigenvalue weighted by Crippen LogP contribution is 2.07. The van der Waals surface area contributed by atoms with Gasteiger partial charge in [0.05, 0.1) is 0 Å². The highest BCUT2D eigenvalue weighted by molar-refractivity contribution is 5.81. The highest BCUT2D eigenvalue weighted by atomic mass is 16.5. The number of rotatable bonds is 4. The zero-order valence-corrected chi connectivity index (χ0v) is 7.09. The number of hydrogen-bond acceptors (Lipinski definition) is 2. The lowest BCUT2D eigenvalue weighted by Gasteiger charge is -2.14. The predicted molar refractivity (Wildman–Crippen MR) is 45.2 cm³/mol. The molecule has 0 saturated carbocycles. The van der Waals surface area contributed by atoms with E-state index in [4.69, 9.17) is 4.74 Å². The van der Waals surface area contributed by atoms with Crippen molar-refractivity contribution in [1.82, 2.24) is 0 Å². The second kappa shape index (κ2) is 4.72. The Hall–Kier alpha value is -1.05. The SMILES string of the molecule is C=CC(=O)OC(CC)C(=C)C. The molecule has 11 heavy (non-hydrogen) atoms. The number of hydrogen-bond donors (Lipinski definition) is 0. The molecule has 1 unspecified atom stereocenters. The van der Waals surface area contributed by atoms with Gasteiger partial charge >= 0.3 is 5.97 Å². The van der Waals surface area contributed by atoms with Crippen molar-refractivity contribution in [2.75, 3.05) is 0 Å². The zero-order chi connectivity index (χ0) is 8.85. The van der Waals surface area contributed by atoms with Gasteiger partial charge in [0, 0.05) is 6.08 Å². The van der Waals surface area contributed by atoms with Crippen LogP contribution in [-0.4, -0.2) is 12.1 Å². The van der Waals surface area contributed by atoms with Crippen LogP contribution in [0.5, 0.6) is 0 Å². The van der Waals surface area contributed by atoms with Crippen LogP contribution >= 0.6 is 0 Å². The summed E-state index contributed by atoms with van der Waals surface area (Å²) < 4.78 is 4.95. The summed E-state index contributed by atoms with van der Waals surface area (Å²) in [5, 5.41) is 0. The zero-order valence-electron chi connectivity index (χ0n) is 7.09. The third-order valence-electron chi connectivity index (χ3n) is 1.35. The molecule has 0 aromatic heterocycles. The van der Waals surface area contributed by atoms with Gasteiger partial charge < -0.3 is 4.74 Å². The lowest BCUT2D eigenvalue weighted by atomic mass is 10.1. The Morgan fingerprint density at radius 3 is 2.55 bits per heavy atom. The monoisotopic (exact) mass is 154 g/mol. The number of ether oxygens (including phenoxy) is 1. The molecule has 62 valence electrons. The first-order valence-electron chi connectivity index (χ1n) is 3.60. The van der Waals surface area contributed by atoms with Crippen LogP contribution in [0.2, 0.25) is 0 Å². The maximum Gasteiger partial charge on any atom is 0.330 e. The van der Waals surface area contributed by atoms with Gasteiger partial charge in [0.2, 0.25) is 0 Å². The van der Waals surface area contributed by atoms with Gasteiger partial charge in [-0.15, -0.1) is 0 Å². The van der Waals surface area contributed by atoms with Crippen LogP contribution in [0.3, 0.4) is 0 Å². The normalized spacial score (nSPS) is 11.8. The van der Waals surface area contributed by atoms with Crippen LogP contribution in [0, 0.1) is 0 Å². The Bertz CT molecular complexity index is 170. The van der Waals surface area contributed by atoms with E-state index in [0.717, 1.165) is 18.1 Å². The lowest BCUT2D eigenvalue weighted by molar-refractivity contribution is -0.141. The first-order chi connectivity index (χ1) is 5.11. The van der Waals surface area contributed by atoms with E-state index < -0.39 is 0 Å². The van der Waals surface area contributed by atoms with Crippen molar-refractivity contribution in [3.63, 3.8) is 0 Å². The van der Waals surface area contributed by atoms with Crippen molar-refractivity contribution < 1.29 is 9.53 Å². The van der Waals surface area contributed by atoms with Crippen LogP contribution < -0.4 is 0 Å². The molecule has 0 aliphatic rings. The first kappa shape index (κ1) is 9.95. The summed E-state index contributed by atoms with van der Waals surface area (Å²) in [7, 11) is 0. The number of carbonyl (C=O) groups excluding carboxylic acids is 1. The number of esters is 1. The van der Waals surface area contributed by atoms with Crippen LogP contribution in [0.25, 0.3) is 0 Å². The smallest absolute Gasteiger partial charge is 0.330 e. The van der Waals surface area contributed by atoms with E-state index in [1.165, 1.54) is 0 Å². The average molecular weight is 154 g/mol. The Labute approximate surface area is 67.6 Å². The Morgan fingerprint density at radius 2 is 2.27 bits per heavy atom. The van der Waals surface area contributed by atoms with E-state index >= 15 is 0 Å². The molecule has 0 aromatic carbocycles. The standard InChI is InChI=1S/C9H14O2/c1-5-8(7(3)4)11-9(10)6-2/h6,8H,2-3,5H2,1,4H3. The van der Waals surface area contributed by atoms with E-state index in [2.05, 4.69) is 13.2 Å². The molecule has 0 rings (SSSR count). The highest BCUT2D eigenvalue weighted by Gasteiger charge is 2.09. The fourth-order valence-corrected chi connectivity index (χ4v) is 0.721. The Kier molecular flexibility index (Phi) is 4.27. The van der Waals surface area contributed by atoms with Gasteiger partial charge in [0.25, 0.3) is 0 Å². The molecule has 0 saturated heterocycles. The van der Waals surface area contributed by atoms with E-state index in [0.29, 0.717) is 0 Å². The van der Waals surface area contributed by atoms with Gasteiger partial charge in [0.1, 0.15) is 6.10 Å². The molecular formula is C9H14O2. The van der Waals surface area contributed by atoms with Crippen LogP contribution in [0.15, 0.2) is 24.8 Å². The minimum Gasteiger partial charge on any atom is -0.455 e. The number of carbonyl (C=O) groups is 1. The van der Waals surface area contributed by atoms with Crippen molar-refractivity contribution in [1.29, 1.82) is 0 Å². The van der Waals surface area contributed by atoms with Gasteiger partial charge in [-0.25, -0.2) is 4.79 Å². The molecule has 0 aliphatic heterocycles. The van der Waals surface area contributed by atoms with Gasteiger partial charge in [-0.3, -0.25) is 0 Å². The topological polar surface area (TPSA) is 26.3 Å². The molecular weight excluding hydrogens is 140 g/mol. The lowest BCUT2D eigenvalue weighted by Crippen LogP contribution is -2.16. The van der Waals surface area contributed by atoms with Crippen LogP contribution in [0.4, 0.5) is 0 Å². The molecule has 2 nitrogen and oxygen atoms in total. The quantitative estimate of drug-likeness (QED) is 0.352. The molecule has 0 bridgehead atoms. The fourth-order valence-electron chi connectivity index (χ4n) is 0.721. The molecule has 0 amide bonds. The Balaban J connectivity index is 3.97. The second-order valence-corrected chi connectivity index (χ2v) is 2.38. The summed E-state index contributed by atoms with van der Waals surface area (Å²) in [5.41, 5.74) is 0.864. The molecule has 0 N–H and O–H groups in total. The predicted octanol–water partition coefficient (Wildman–Crippen LogP) is 2.07. The summed E-state index contributed by atoms with van der Waals surface area (Å²) in [6.07, 6.45) is 1.75. The van der Waals surface area contributed by atoms with E-state index in [1.54, 1.807) is 0 Å². The maximum absolute atomic E-state index is 10.7.